The number of hydrogen-bond acceptors (Lipinski definition) is 2. The standard InChI is InChI=1S/C25H20FNO2/c26-19-9-11-20(12-10-19)27-23-7-4-8-25(29-16-17-5-2-1-3-6-17)22(23)15-24(27)18-13-21(28)14-18/h1-12,15,18H,13-14,16H2. The van der Waals surface area contributed by atoms with Crippen molar-refractivity contribution in [2.75, 3.05) is 0 Å². The van der Waals surface area contributed by atoms with Crippen LogP contribution in [0.5, 0.6) is 5.75 Å². The van der Waals surface area contributed by atoms with Gasteiger partial charge in [0.15, 0.2) is 0 Å². The highest BCUT2D eigenvalue weighted by Gasteiger charge is 2.31. The molecule has 0 unspecified atom stereocenters. The molecular weight excluding hydrogens is 365 g/mol. The Balaban J connectivity index is 1.59. The molecule has 0 saturated heterocycles. The average Bonchev–Trinajstić information content (AvgIpc) is 3.11. The van der Waals surface area contributed by atoms with E-state index in [1.165, 1.54) is 12.1 Å². The predicted molar refractivity (Wildman–Crippen MR) is 111 cm³/mol. The second-order valence-corrected chi connectivity index (χ2v) is 7.49. The summed E-state index contributed by atoms with van der Waals surface area (Å²) in [6.45, 7) is 0.485. The maximum absolute atomic E-state index is 13.5. The van der Waals surface area contributed by atoms with Crippen LogP contribution in [0.4, 0.5) is 4.39 Å². The summed E-state index contributed by atoms with van der Waals surface area (Å²) in [5.41, 5.74) is 4.06. The number of halogens is 1. The van der Waals surface area contributed by atoms with Gasteiger partial charge in [-0.1, -0.05) is 36.4 Å². The topological polar surface area (TPSA) is 31.2 Å². The molecule has 1 aliphatic carbocycles. The Kier molecular flexibility index (Phi) is 4.39. The van der Waals surface area contributed by atoms with Gasteiger partial charge in [-0.25, -0.2) is 4.39 Å². The third-order valence-corrected chi connectivity index (χ3v) is 5.52. The maximum Gasteiger partial charge on any atom is 0.134 e. The lowest BCUT2D eigenvalue weighted by Crippen LogP contribution is -2.23. The van der Waals surface area contributed by atoms with Crippen molar-refractivity contribution in [2.24, 2.45) is 0 Å². The second kappa shape index (κ2) is 7.21. The molecular formula is C25H20FNO2. The minimum absolute atomic E-state index is 0.182. The van der Waals surface area contributed by atoms with Crippen LogP contribution >= 0.6 is 0 Å². The van der Waals surface area contributed by atoms with Crippen molar-refractivity contribution in [3.63, 3.8) is 0 Å². The summed E-state index contributed by atoms with van der Waals surface area (Å²) in [7, 11) is 0. The van der Waals surface area contributed by atoms with Crippen LogP contribution in [0.1, 0.15) is 30.0 Å². The lowest BCUT2D eigenvalue weighted by molar-refractivity contribution is -0.124. The van der Waals surface area contributed by atoms with Gasteiger partial charge in [-0.05, 0) is 48.0 Å². The largest absolute Gasteiger partial charge is 0.488 e. The molecule has 4 aromatic rings. The van der Waals surface area contributed by atoms with Gasteiger partial charge in [-0.15, -0.1) is 0 Å². The van der Waals surface area contributed by atoms with Crippen molar-refractivity contribution in [1.82, 2.24) is 4.57 Å². The Morgan fingerprint density at radius 2 is 1.69 bits per heavy atom. The number of carbonyl (C=O) groups excluding carboxylic acids is 1. The van der Waals surface area contributed by atoms with E-state index in [9.17, 15) is 9.18 Å². The fourth-order valence-corrected chi connectivity index (χ4v) is 3.96. The number of hydrogen-bond donors (Lipinski definition) is 0. The van der Waals surface area contributed by atoms with Crippen LogP contribution in [0.15, 0.2) is 78.9 Å². The van der Waals surface area contributed by atoms with Crippen molar-refractivity contribution in [3.8, 4) is 11.4 Å². The van der Waals surface area contributed by atoms with Gasteiger partial charge in [-0.2, -0.15) is 0 Å². The molecule has 1 aliphatic rings. The normalized spacial score (nSPS) is 14.2. The summed E-state index contributed by atoms with van der Waals surface area (Å²) in [6, 6.07) is 24.6. The van der Waals surface area contributed by atoms with Crippen LogP contribution in [0, 0.1) is 5.82 Å². The SMILES string of the molecule is O=C1CC(c2cc3c(OCc4ccccc4)cccc3n2-c2ccc(F)cc2)C1. The first-order valence-electron chi connectivity index (χ1n) is 9.78. The number of benzene rings is 3. The van der Waals surface area contributed by atoms with Gasteiger partial charge in [0.2, 0.25) is 0 Å². The molecule has 0 N–H and O–H groups in total. The highest BCUT2D eigenvalue weighted by molar-refractivity contribution is 5.91. The summed E-state index contributed by atoms with van der Waals surface area (Å²) >= 11 is 0. The van der Waals surface area contributed by atoms with E-state index < -0.39 is 0 Å². The van der Waals surface area contributed by atoms with E-state index in [0.717, 1.165) is 33.6 Å². The van der Waals surface area contributed by atoms with E-state index in [2.05, 4.69) is 10.6 Å². The van der Waals surface area contributed by atoms with Crippen molar-refractivity contribution in [3.05, 3.63) is 95.9 Å². The Morgan fingerprint density at radius 3 is 2.41 bits per heavy atom. The maximum atomic E-state index is 13.5. The summed E-state index contributed by atoms with van der Waals surface area (Å²) in [4.78, 5) is 11.6. The number of ether oxygens (including phenoxy) is 1. The number of carbonyl (C=O) groups is 1. The number of Topliss-reactive ketones (excluding diaryl/α,β-unsaturated/α-hetero) is 1. The Labute approximate surface area is 168 Å². The molecule has 5 rings (SSSR count). The minimum Gasteiger partial charge on any atom is -0.488 e. The van der Waals surface area contributed by atoms with E-state index in [1.54, 1.807) is 12.1 Å². The van der Waals surface area contributed by atoms with Gasteiger partial charge in [0, 0.05) is 35.5 Å². The van der Waals surface area contributed by atoms with Crippen molar-refractivity contribution in [2.45, 2.75) is 25.4 Å². The van der Waals surface area contributed by atoms with E-state index in [4.69, 9.17) is 4.74 Å². The molecule has 29 heavy (non-hydrogen) atoms. The van der Waals surface area contributed by atoms with Gasteiger partial charge < -0.3 is 9.30 Å². The van der Waals surface area contributed by atoms with Gasteiger partial charge in [0.1, 0.15) is 24.0 Å². The summed E-state index contributed by atoms with van der Waals surface area (Å²) in [5.74, 6) is 1.00. The van der Waals surface area contributed by atoms with Crippen LogP contribution in [0.3, 0.4) is 0 Å². The third-order valence-electron chi connectivity index (χ3n) is 5.52. The Hall–Kier alpha value is -3.40. The number of aromatic nitrogens is 1. The van der Waals surface area contributed by atoms with Crippen LogP contribution in [0.2, 0.25) is 0 Å². The number of nitrogens with zero attached hydrogens (tertiary/aromatic N) is 1. The zero-order valence-corrected chi connectivity index (χ0v) is 15.8. The number of fused-ring (bicyclic) bond motifs is 1. The van der Waals surface area contributed by atoms with Gasteiger partial charge >= 0.3 is 0 Å². The fourth-order valence-electron chi connectivity index (χ4n) is 3.96. The fraction of sp³-hybridized carbons (Fsp3) is 0.160. The average molecular weight is 385 g/mol. The molecule has 0 bridgehead atoms. The lowest BCUT2D eigenvalue weighted by Gasteiger charge is -2.26. The summed E-state index contributed by atoms with van der Waals surface area (Å²) in [5, 5.41) is 1.00. The first-order valence-corrected chi connectivity index (χ1v) is 9.78. The van der Waals surface area contributed by atoms with Crippen molar-refractivity contribution < 1.29 is 13.9 Å². The highest BCUT2D eigenvalue weighted by Crippen LogP contribution is 2.40. The smallest absolute Gasteiger partial charge is 0.134 e. The van der Waals surface area contributed by atoms with Gasteiger partial charge in [-0.3, -0.25) is 4.79 Å². The zero-order valence-electron chi connectivity index (χ0n) is 15.8. The number of ketones is 1. The first-order chi connectivity index (χ1) is 14.2. The lowest BCUT2D eigenvalue weighted by atomic mass is 9.81. The van der Waals surface area contributed by atoms with E-state index in [0.29, 0.717) is 19.4 Å². The Bertz CT molecular complexity index is 1170. The quantitative estimate of drug-likeness (QED) is 0.435. The van der Waals surface area contributed by atoms with E-state index >= 15 is 0 Å². The van der Waals surface area contributed by atoms with E-state index in [1.807, 2.05) is 48.5 Å². The van der Waals surface area contributed by atoms with Gasteiger partial charge in [0.25, 0.3) is 0 Å². The van der Waals surface area contributed by atoms with Crippen LogP contribution in [0.25, 0.3) is 16.6 Å². The molecule has 3 nitrogen and oxygen atoms in total. The van der Waals surface area contributed by atoms with Crippen molar-refractivity contribution >= 4 is 16.7 Å². The highest BCUT2D eigenvalue weighted by atomic mass is 19.1. The van der Waals surface area contributed by atoms with Crippen LogP contribution in [-0.4, -0.2) is 10.4 Å². The molecule has 1 saturated carbocycles. The molecule has 0 atom stereocenters. The molecule has 4 heteroatoms. The molecule has 0 aliphatic heterocycles. The van der Waals surface area contributed by atoms with Crippen LogP contribution < -0.4 is 4.74 Å². The summed E-state index contributed by atoms with van der Waals surface area (Å²) < 4.78 is 21.7. The zero-order chi connectivity index (χ0) is 19.8. The molecule has 1 fully saturated rings. The van der Waals surface area contributed by atoms with Gasteiger partial charge in [0.05, 0.1) is 5.52 Å². The second-order valence-electron chi connectivity index (χ2n) is 7.49. The molecule has 3 aromatic carbocycles. The predicted octanol–water partition coefficient (Wildman–Crippen LogP) is 5.80. The van der Waals surface area contributed by atoms with Crippen molar-refractivity contribution in [1.29, 1.82) is 0 Å². The minimum atomic E-state index is -0.266. The van der Waals surface area contributed by atoms with E-state index in [-0.39, 0.29) is 17.5 Å². The van der Waals surface area contributed by atoms with Crippen LogP contribution in [-0.2, 0) is 11.4 Å². The third kappa shape index (κ3) is 3.31. The molecule has 144 valence electrons. The summed E-state index contributed by atoms with van der Waals surface area (Å²) in [6.07, 6.45) is 1.11. The molecule has 0 amide bonds. The molecule has 1 aromatic heterocycles. The Morgan fingerprint density at radius 1 is 0.931 bits per heavy atom. The molecule has 1 heterocycles. The number of rotatable bonds is 5. The first kappa shape index (κ1) is 17.7. The molecule has 0 radical (unpaired) electrons. The molecule has 0 spiro atoms. The monoisotopic (exact) mass is 385 g/mol.